The molecule has 80 valence electrons. The van der Waals surface area contributed by atoms with Crippen LogP contribution in [0.25, 0.3) is 10.6 Å². The van der Waals surface area contributed by atoms with Gasteiger partial charge in [-0.25, -0.2) is 4.98 Å². The van der Waals surface area contributed by atoms with Gasteiger partial charge in [0.25, 0.3) is 0 Å². The summed E-state index contributed by atoms with van der Waals surface area (Å²) >= 11 is 0.654. The van der Waals surface area contributed by atoms with Crippen LogP contribution >= 0.6 is 11.3 Å². The van der Waals surface area contributed by atoms with Crippen molar-refractivity contribution in [2.75, 3.05) is 5.73 Å². The molecule has 0 atom stereocenters. The van der Waals surface area contributed by atoms with Crippen molar-refractivity contribution in [2.24, 2.45) is 0 Å². The van der Waals surface area contributed by atoms with Gasteiger partial charge in [0.1, 0.15) is 4.88 Å². The molecule has 0 aliphatic heterocycles. The van der Waals surface area contributed by atoms with Crippen molar-refractivity contribution < 1.29 is 13.2 Å². The molecule has 2 aromatic rings. The van der Waals surface area contributed by atoms with E-state index in [-0.39, 0.29) is 5.95 Å². The van der Waals surface area contributed by atoms with Crippen LogP contribution in [0.3, 0.4) is 0 Å². The standard InChI is InChI=1S/C8H6F3N3S/c9-8(10,11)6-2-1-5(15-6)4-3-13-7(12)14-4/h1-3H,(H3,12,13,14). The highest BCUT2D eigenvalue weighted by Crippen LogP contribution is 2.37. The quantitative estimate of drug-likeness (QED) is 0.795. The van der Waals surface area contributed by atoms with Crippen molar-refractivity contribution in [3.8, 4) is 10.6 Å². The van der Waals surface area contributed by atoms with Crippen LogP contribution in [-0.2, 0) is 6.18 Å². The smallest absolute Gasteiger partial charge is 0.369 e. The molecule has 0 saturated heterocycles. The molecule has 3 nitrogen and oxygen atoms in total. The van der Waals surface area contributed by atoms with Crippen molar-refractivity contribution in [3.63, 3.8) is 0 Å². The Morgan fingerprint density at radius 2 is 2.07 bits per heavy atom. The van der Waals surface area contributed by atoms with E-state index in [1.54, 1.807) is 0 Å². The SMILES string of the molecule is Nc1ncc(-c2ccc(C(F)(F)F)s2)[nH]1. The van der Waals surface area contributed by atoms with Gasteiger partial charge in [0.2, 0.25) is 0 Å². The first-order valence-electron chi connectivity index (χ1n) is 3.95. The van der Waals surface area contributed by atoms with E-state index < -0.39 is 11.1 Å². The molecule has 0 aliphatic carbocycles. The van der Waals surface area contributed by atoms with E-state index in [2.05, 4.69) is 9.97 Å². The summed E-state index contributed by atoms with van der Waals surface area (Å²) in [6.07, 6.45) is -2.89. The van der Waals surface area contributed by atoms with Crippen LogP contribution in [0.5, 0.6) is 0 Å². The lowest BCUT2D eigenvalue weighted by atomic mass is 10.3. The zero-order valence-electron chi connectivity index (χ0n) is 7.30. The van der Waals surface area contributed by atoms with Crippen LogP contribution in [-0.4, -0.2) is 9.97 Å². The fraction of sp³-hybridized carbons (Fsp3) is 0.125. The second kappa shape index (κ2) is 3.27. The number of thiophene rings is 1. The van der Waals surface area contributed by atoms with Crippen LogP contribution in [0.1, 0.15) is 4.88 Å². The fourth-order valence-corrected chi connectivity index (χ4v) is 1.94. The van der Waals surface area contributed by atoms with E-state index in [9.17, 15) is 13.2 Å². The highest BCUT2D eigenvalue weighted by atomic mass is 32.1. The van der Waals surface area contributed by atoms with E-state index >= 15 is 0 Å². The molecule has 0 aliphatic rings. The first kappa shape index (κ1) is 10.0. The molecule has 0 bridgehead atoms. The van der Waals surface area contributed by atoms with Gasteiger partial charge in [0.05, 0.1) is 16.8 Å². The second-order valence-corrected chi connectivity index (χ2v) is 3.93. The Labute approximate surface area is 86.8 Å². The first-order valence-corrected chi connectivity index (χ1v) is 4.76. The molecule has 0 aromatic carbocycles. The molecule has 0 amide bonds. The number of nitrogens with zero attached hydrogens (tertiary/aromatic N) is 1. The highest BCUT2D eigenvalue weighted by Gasteiger charge is 2.32. The number of halogens is 3. The zero-order valence-corrected chi connectivity index (χ0v) is 8.12. The molecule has 3 N–H and O–H groups in total. The molecule has 0 unspecified atom stereocenters. The molecule has 0 saturated carbocycles. The second-order valence-electron chi connectivity index (χ2n) is 2.84. The zero-order chi connectivity index (χ0) is 11.1. The third kappa shape index (κ3) is 1.96. The number of aromatic amines is 1. The molecule has 2 rings (SSSR count). The Balaban J connectivity index is 2.36. The average Bonchev–Trinajstić information content (AvgIpc) is 2.69. The third-order valence-electron chi connectivity index (χ3n) is 1.75. The normalized spacial score (nSPS) is 11.9. The predicted molar refractivity (Wildman–Crippen MR) is 51.3 cm³/mol. The van der Waals surface area contributed by atoms with E-state index in [0.29, 0.717) is 21.9 Å². The van der Waals surface area contributed by atoms with Crippen molar-refractivity contribution in [3.05, 3.63) is 23.2 Å². The highest BCUT2D eigenvalue weighted by molar-refractivity contribution is 7.15. The number of rotatable bonds is 1. The van der Waals surface area contributed by atoms with Crippen LogP contribution in [0.2, 0.25) is 0 Å². The lowest BCUT2D eigenvalue weighted by molar-refractivity contribution is -0.134. The summed E-state index contributed by atoms with van der Waals surface area (Å²) in [5, 5.41) is 0. The van der Waals surface area contributed by atoms with Gasteiger partial charge in [-0.1, -0.05) is 0 Å². The van der Waals surface area contributed by atoms with Gasteiger partial charge in [-0.2, -0.15) is 13.2 Å². The van der Waals surface area contributed by atoms with Gasteiger partial charge in [0.15, 0.2) is 5.95 Å². The minimum Gasteiger partial charge on any atom is -0.369 e. The number of aromatic nitrogens is 2. The lowest BCUT2D eigenvalue weighted by Crippen LogP contribution is -2.00. The van der Waals surface area contributed by atoms with Gasteiger partial charge in [-0.05, 0) is 12.1 Å². The maximum Gasteiger partial charge on any atom is 0.425 e. The van der Waals surface area contributed by atoms with Crippen LogP contribution in [0, 0.1) is 0 Å². The molecule has 0 spiro atoms. The summed E-state index contributed by atoms with van der Waals surface area (Å²) in [4.78, 5) is 6.21. The number of nitrogen functional groups attached to an aromatic ring is 1. The van der Waals surface area contributed by atoms with Gasteiger partial charge >= 0.3 is 6.18 Å². The maximum absolute atomic E-state index is 12.3. The molecular weight excluding hydrogens is 227 g/mol. The average molecular weight is 233 g/mol. The van der Waals surface area contributed by atoms with E-state index in [1.165, 1.54) is 12.3 Å². The molecule has 2 heterocycles. The van der Waals surface area contributed by atoms with Gasteiger partial charge in [-0.3, -0.25) is 0 Å². The summed E-state index contributed by atoms with van der Waals surface area (Å²) in [6, 6.07) is 2.43. The van der Waals surface area contributed by atoms with E-state index in [4.69, 9.17) is 5.73 Å². The number of hydrogen-bond acceptors (Lipinski definition) is 3. The summed E-state index contributed by atoms with van der Waals surface area (Å²) in [5.41, 5.74) is 5.82. The summed E-state index contributed by atoms with van der Waals surface area (Å²) in [6.45, 7) is 0. The van der Waals surface area contributed by atoms with Crippen molar-refractivity contribution in [2.45, 2.75) is 6.18 Å². The molecule has 0 radical (unpaired) electrons. The fourth-order valence-electron chi connectivity index (χ4n) is 1.10. The number of hydrogen-bond donors (Lipinski definition) is 2. The van der Waals surface area contributed by atoms with Gasteiger partial charge in [-0.15, -0.1) is 11.3 Å². The number of nitrogens with one attached hydrogen (secondary N) is 1. The Morgan fingerprint density at radius 3 is 2.53 bits per heavy atom. The van der Waals surface area contributed by atoms with Crippen LogP contribution in [0.4, 0.5) is 19.1 Å². The minimum atomic E-state index is -4.30. The monoisotopic (exact) mass is 233 g/mol. The number of imidazole rings is 1. The Hall–Kier alpha value is -1.50. The summed E-state index contributed by atoms with van der Waals surface area (Å²) in [5.74, 6) is 0.187. The van der Waals surface area contributed by atoms with Crippen molar-refractivity contribution in [1.82, 2.24) is 9.97 Å². The van der Waals surface area contributed by atoms with Gasteiger partial charge in [0, 0.05) is 0 Å². The molecule has 2 aromatic heterocycles. The first-order chi connectivity index (χ1) is 6.97. The molecular formula is C8H6F3N3S. The third-order valence-corrected chi connectivity index (χ3v) is 2.91. The molecule has 0 fully saturated rings. The van der Waals surface area contributed by atoms with Crippen LogP contribution < -0.4 is 5.73 Å². The van der Waals surface area contributed by atoms with E-state index in [1.807, 2.05) is 0 Å². The van der Waals surface area contributed by atoms with Gasteiger partial charge < -0.3 is 10.7 Å². The number of nitrogens with two attached hydrogens (primary N) is 1. The van der Waals surface area contributed by atoms with Crippen molar-refractivity contribution in [1.29, 1.82) is 0 Å². The maximum atomic E-state index is 12.3. The van der Waals surface area contributed by atoms with Crippen LogP contribution in [0.15, 0.2) is 18.3 Å². The van der Waals surface area contributed by atoms with E-state index in [0.717, 1.165) is 6.07 Å². The Bertz CT molecular complexity index is 471. The molecule has 15 heavy (non-hydrogen) atoms. The number of anilines is 1. The molecule has 7 heteroatoms. The van der Waals surface area contributed by atoms with Crippen molar-refractivity contribution >= 4 is 17.3 Å². The number of H-pyrrole nitrogens is 1. The topological polar surface area (TPSA) is 54.7 Å². The Morgan fingerprint density at radius 1 is 1.33 bits per heavy atom. The summed E-state index contributed by atoms with van der Waals surface area (Å²) in [7, 11) is 0. The Kier molecular flexibility index (Phi) is 2.18. The lowest BCUT2D eigenvalue weighted by Gasteiger charge is -2.00. The largest absolute Gasteiger partial charge is 0.425 e. The minimum absolute atomic E-state index is 0.187. The summed E-state index contributed by atoms with van der Waals surface area (Å²) < 4.78 is 36.8. The predicted octanol–water partition coefficient (Wildman–Crippen LogP) is 2.74. The number of alkyl halides is 3.